The Labute approximate surface area is 118 Å². The Bertz CT molecular complexity index is 381. The highest BCUT2D eigenvalue weighted by molar-refractivity contribution is 6.35. The summed E-state index contributed by atoms with van der Waals surface area (Å²) in [6.07, 6.45) is 8.35. The van der Waals surface area contributed by atoms with E-state index in [4.69, 9.17) is 27.9 Å². The number of anilines is 1. The lowest BCUT2D eigenvalue weighted by Crippen LogP contribution is -2.20. The van der Waals surface area contributed by atoms with E-state index in [0.29, 0.717) is 35.1 Å². The van der Waals surface area contributed by atoms with Crippen molar-refractivity contribution in [1.29, 1.82) is 0 Å². The molecular weight excluding hydrogens is 271 g/mol. The van der Waals surface area contributed by atoms with Gasteiger partial charge in [-0.3, -0.25) is 0 Å². The maximum atomic E-state index is 6.01. The molecule has 0 atom stereocenters. The lowest BCUT2D eigenvalue weighted by molar-refractivity contribution is 0.0347. The van der Waals surface area contributed by atoms with Crippen LogP contribution in [0.3, 0.4) is 0 Å². The molecule has 1 fully saturated rings. The van der Waals surface area contributed by atoms with Gasteiger partial charge in [0.05, 0.1) is 22.8 Å². The number of hydrogen-bond donors (Lipinski definition) is 1. The van der Waals surface area contributed by atoms with Crippen LogP contribution in [0.25, 0.3) is 0 Å². The molecule has 5 heteroatoms. The molecule has 1 aromatic heterocycles. The SMILES string of the molecule is Clc1cnc(NCCOC2CCCCC2)c(Cl)c1. The Morgan fingerprint density at radius 2 is 2.06 bits per heavy atom. The van der Waals surface area contributed by atoms with E-state index in [1.54, 1.807) is 12.3 Å². The highest BCUT2D eigenvalue weighted by Gasteiger charge is 2.13. The van der Waals surface area contributed by atoms with Crippen molar-refractivity contribution >= 4 is 29.0 Å². The highest BCUT2D eigenvalue weighted by atomic mass is 35.5. The summed E-state index contributed by atoms with van der Waals surface area (Å²) in [6, 6.07) is 1.68. The minimum atomic E-state index is 0.439. The third kappa shape index (κ3) is 4.30. The fourth-order valence-corrected chi connectivity index (χ4v) is 2.62. The monoisotopic (exact) mass is 288 g/mol. The Morgan fingerprint density at radius 1 is 1.28 bits per heavy atom. The zero-order valence-corrected chi connectivity index (χ0v) is 11.8. The summed E-state index contributed by atoms with van der Waals surface area (Å²) in [6.45, 7) is 1.40. The van der Waals surface area contributed by atoms with E-state index in [0.717, 1.165) is 0 Å². The molecular formula is C13H18Cl2N2O. The summed E-state index contributed by atoms with van der Waals surface area (Å²) in [4.78, 5) is 4.13. The zero-order valence-electron chi connectivity index (χ0n) is 10.3. The average Bonchev–Trinajstić information content (AvgIpc) is 2.38. The standard InChI is InChI=1S/C13H18Cl2N2O/c14-10-8-12(15)13(17-9-10)16-6-7-18-11-4-2-1-3-5-11/h8-9,11H,1-7H2,(H,16,17). The van der Waals surface area contributed by atoms with Gasteiger partial charge >= 0.3 is 0 Å². The largest absolute Gasteiger partial charge is 0.376 e. The van der Waals surface area contributed by atoms with Crippen molar-refractivity contribution in [2.24, 2.45) is 0 Å². The van der Waals surface area contributed by atoms with Crippen LogP contribution >= 0.6 is 23.2 Å². The molecule has 1 aromatic rings. The molecule has 0 spiro atoms. The number of nitrogens with one attached hydrogen (secondary N) is 1. The van der Waals surface area contributed by atoms with E-state index in [1.807, 2.05) is 0 Å². The summed E-state index contributed by atoms with van der Waals surface area (Å²) < 4.78 is 5.81. The van der Waals surface area contributed by atoms with E-state index < -0.39 is 0 Å². The Hall–Kier alpha value is -0.510. The topological polar surface area (TPSA) is 34.2 Å². The molecule has 0 aromatic carbocycles. The number of pyridine rings is 1. The van der Waals surface area contributed by atoms with Crippen LogP contribution in [-0.2, 0) is 4.74 Å². The van der Waals surface area contributed by atoms with Gasteiger partial charge in [-0.05, 0) is 18.9 Å². The smallest absolute Gasteiger partial charge is 0.144 e. The van der Waals surface area contributed by atoms with E-state index in [2.05, 4.69) is 10.3 Å². The molecule has 1 saturated carbocycles. The molecule has 18 heavy (non-hydrogen) atoms. The second-order valence-corrected chi connectivity index (χ2v) is 5.39. The van der Waals surface area contributed by atoms with Crippen LogP contribution in [0.2, 0.25) is 10.0 Å². The quantitative estimate of drug-likeness (QED) is 0.827. The number of ether oxygens (including phenoxy) is 1. The first kappa shape index (κ1) is 13.9. The number of halogens is 2. The lowest BCUT2D eigenvalue weighted by Gasteiger charge is -2.22. The molecule has 3 nitrogen and oxygen atoms in total. The van der Waals surface area contributed by atoms with Gasteiger partial charge in [0.1, 0.15) is 5.82 Å². The van der Waals surface area contributed by atoms with Crippen LogP contribution in [0.5, 0.6) is 0 Å². The van der Waals surface area contributed by atoms with Gasteiger partial charge in [0.2, 0.25) is 0 Å². The molecule has 0 amide bonds. The third-order valence-corrected chi connectivity index (χ3v) is 3.60. The molecule has 2 rings (SSSR count). The fraction of sp³-hybridized carbons (Fsp3) is 0.615. The third-order valence-electron chi connectivity index (χ3n) is 3.11. The average molecular weight is 289 g/mol. The van der Waals surface area contributed by atoms with Gasteiger partial charge in [-0.25, -0.2) is 4.98 Å². The number of rotatable bonds is 5. The first-order valence-electron chi connectivity index (χ1n) is 6.42. The van der Waals surface area contributed by atoms with Crippen molar-refractivity contribution in [3.63, 3.8) is 0 Å². The first-order valence-corrected chi connectivity index (χ1v) is 7.18. The van der Waals surface area contributed by atoms with E-state index in [9.17, 15) is 0 Å². The van der Waals surface area contributed by atoms with Gasteiger partial charge in [0, 0.05) is 12.7 Å². The Balaban J connectivity index is 1.68. The van der Waals surface area contributed by atoms with Gasteiger partial charge in [-0.15, -0.1) is 0 Å². The van der Waals surface area contributed by atoms with Gasteiger partial charge in [0.25, 0.3) is 0 Å². The van der Waals surface area contributed by atoms with Crippen LogP contribution in [-0.4, -0.2) is 24.2 Å². The second kappa shape index (κ2) is 7.17. The molecule has 0 radical (unpaired) electrons. The van der Waals surface area contributed by atoms with E-state index in [-0.39, 0.29) is 0 Å². The van der Waals surface area contributed by atoms with Crippen molar-refractivity contribution in [1.82, 2.24) is 4.98 Å². The summed E-state index contributed by atoms with van der Waals surface area (Å²) in [5.74, 6) is 0.660. The van der Waals surface area contributed by atoms with Crippen LogP contribution in [0.4, 0.5) is 5.82 Å². The van der Waals surface area contributed by atoms with E-state index >= 15 is 0 Å². The zero-order chi connectivity index (χ0) is 12.8. The van der Waals surface area contributed by atoms with Crippen LogP contribution in [0, 0.1) is 0 Å². The van der Waals surface area contributed by atoms with Crippen molar-refractivity contribution in [3.8, 4) is 0 Å². The van der Waals surface area contributed by atoms with Crippen molar-refractivity contribution in [2.75, 3.05) is 18.5 Å². The van der Waals surface area contributed by atoms with Gasteiger partial charge in [0.15, 0.2) is 0 Å². The fourth-order valence-electron chi connectivity index (χ4n) is 2.17. The summed E-state index contributed by atoms with van der Waals surface area (Å²) in [7, 11) is 0. The molecule has 1 heterocycles. The minimum Gasteiger partial charge on any atom is -0.376 e. The van der Waals surface area contributed by atoms with E-state index in [1.165, 1.54) is 32.1 Å². The normalized spacial score (nSPS) is 16.8. The van der Waals surface area contributed by atoms with Gasteiger partial charge in [-0.2, -0.15) is 0 Å². The number of nitrogens with zero attached hydrogens (tertiary/aromatic N) is 1. The molecule has 1 aliphatic rings. The van der Waals surface area contributed by atoms with Crippen LogP contribution < -0.4 is 5.32 Å². The van der Waals surface area contributed by atoms with Crippen molar-refractivity contribution in [2.45, 2.75) is 38.2 Å². The van der Waals surface area contributed by atoms with Crippen LogP contribution in [0.15, 0.2) is 12.3 Å². The predicted octanol–water partition coefficient (Wildman–Crippen LogP) is 4.15. The Morgan fingerprint density at radius 3 is 2.78 bits per heavy atom. The maximum Gasteiger partial charge on any atom is 0.144 e. The van der Waals surface area contributed by atoms with Gasteiger partial charge < -0.3 is 10.1 Å². The number of aromatic nitrogens is 1. The molecule has 0 bridgehead atoms. The van der Waals surface area contributed by atoms with Gasteiger partial charge in [-0.1, -0.05) is 42.5 Å². The molecule has 100 valence electrons. The van der Waals surface area contributed by atoms with Crippen molar-refractivity contribution in [3.05, 3.63) is 22.3 Å². The second-order valence-electron chi connectivity index (χ2n) is 4.54. The number of hydrogen-bond acceptors (Lipinski definition) is 3. The molecule has 0 saturated heterocycles. The predicted molar refractivity (Wildman–Crippen MR) is 75.6 cm³/mol. The lowest BCUT2D eigenvalue weighted by atomic mass is 9.98. The summed E-state index contributed by atoms with van der Waals surface area (Å²) in [5, 5.41) is 4.24. The molecule has 0 aliphatic heterocycles. The molecule has 1 N–H and O–H groups in total. The Kier molecular flexibility index (Phi) is 5.54. The summed E-state index contributed by atoms with van der Waals surface area (Å²) >= 11 is 11.8. The maximum absolute atomic E-state index is 6.01. The summed E-state index contributed by atoms with van der Waals surface area (Å²) in [5.41, 5.74) is 0. The molecule has 0 unspecified atom stereocenters. The van der Waals surface area contributed by atoms with Crippen molar-refractivity contribution < 1.29 is 4.74 Å². The molecule has 1 aliphatic carbocycles. The minimum absolute atomic E-state index is 0.439. The first-order chi connectivity index (χ1) is 8.75. The highest BCUT2D eigenvalue weighted by Crippen LogP contribution is 2.22. The van der Waals surface area contributed by atoms with Crippen LogP contribution in [0.1, 0.15) is 32.1 Å².